The van der Waals surface area contributed by atoms with E-state index in [2.05, 4.69) is 22.7 Å². The first kappa shape index (κ1) is 10.6. The van der Waals surface area contributed by atoms with E-state index >= 15 is 0 Å². The summed E-state index contributed by atoms with van der Waals surface area (Å²) in [7, 11) is 0. The van der Waals surface area contributed by atoms with E-state index in [1.54, 1.807) is 11.3 Å². The molecule has 0 radical (unpaired) electrons. The molecule has 2 saturated carbocycles. The maximum atomic E-state index is 5.97. The number of fused-ring (bicyclic) bond motifs is 1. The van der Waals surface area contributed by atoms with Gasteiger partial charge < -0.3 is 10.3 Å². The van der Waals surface area contributed by atoms with Crippen molar-refractivity contribution in [2.75, 3.05) is 5.73 Å². The highest BCUT2D eigenvalue weighted by Crippen LogP contribution is 2.62. The number of hydrogen-bond donors (Lipinski definition) is 1. The zero-order valence-corrected chi connectivity index (χ0v) is 11.0. The highest BCUT2D eigenvalue weighted by atomic mass is 32.1. The molecule has 4 heteroatoms. The lowest BCUT2D eigenvalue weighted by Gasteiger charge is -2.04. The predicted molar refractivity (Wildman–Crippen MR) is 72.4 cm³/mol. The standard InChI is InChI=1S/C14H16N2OS/c15-14-12(10-6-3-7-18-10)13(16-17-14)11-8-4-1-2-5-9(8)11/h3,6-9,11H,1-2,4-5,15H2. The van der Waals surface area contributed by atoms with Gasteiger partial charge in [-0.05, 0) is 36.1 Å². The number of nitrogens with zero attached hydrogens (tertiary/aromatic N) is 1. The molecule has 2 fully saturated rings. The lowest BCUT2D eigenvalue weighted by atomic mass is 10.0. The van der Waals surface area contributed by atoms with Crippen molar-refractivity contribution in [1.82, 2.24) is 5.16 Å². The van der Waals surface area contributed by atoms with Gasteiger partial charge in [-0.3, -0.25) is 0 Å². The Kier molecular flexibility index (Phi) is 2.27. The quantitative estimate of drug-likeness (QED) is 0.891. The zero-order chi connectivity index (χ0) is 12.1. The minimum atomic E-state index is 0.482. The number of rotatable bonds is 2. The van der Waals surface area contributed by atoms with Crippen LogP contribution in [-0.4, -0.2) is 5.16 Å². The summed E-state index contributed by atoms with van der Waals surface area (Å²) < 4.78 is 5.26. The highest BCUT2D eigenvalue weighted by Gasteiger charge is 2.53. The maximum Gasteiger partial charge on any atom is 0.231 e. The second kappa shape index (κ2) is 3.85. The minimum Gasteiger partial charge on any atom is -0.367 e. The van der Waals surface area contributed by atoms with Crippen molar-refractivity contribution in [3.63, 3.8) is 0 Å². The van der Waals surface area contributed by atoms with Crippen LogP contribution in [0, 0.1) is 11.8 Å². The summed E-state index contributed by atoms with van der Waals surface area (Å²) in [5, 5.41) is 6.34. The number of thiophene rings is 1. The van der Waals surface area contributed by atoms with E-state index in [0.717, 1.165) is 23.1 Å². The Labute approximate surface area is 110 Å². The topological polar surface area (TPSA) is 52.0 Å². The molecule has 4 rings (SSSR count). The van der Waals surface area contributed by atoms with E-state index in [4.69, 9.17) is 10.3 Å². The average Bonchev–Trinajstić information content (AvgIpc) is 2.75. The van der Waals surface area contributed by atoms with Gasteiger partial charge in [0.15, 0.2) is 0 Å². The van der Waals surface area contributed by atoms with E-state index in [0.29, 0.717) is 11.8 Å². The molecule has 0 aliphatic heterocycles. The van der Waals surface area contributed by atoms with Crippen LogP contribution in [0.1, 0.15) is 37.3 Å². The smallest absolute Gasteiger partial charge is 0.231 e. The average molecular weight is 260 g/mol. The summed E-state index contributed by atoms with van der Waals surface area (Å²) in [4.78, 5) is 1.19. The molecule has 0 saturated heterocycles. The van der Waals surface area contributed by atoms with Gasteiger partial charge in [-0.1, -0.05) is 24.1 Å². The first-order chi connectivity index (χ1) is 8.86. The molecule has 2 atom stereocenters. The molecular weight excluding hydrogens is 244 g/mol. The van der Waals surface area contributed by atoms with E-state index in [1.807, 2.05) is 0 Å². The SMILES string of the molecule is Nc1onc(C2C3CCCCC32)c1-c1cccs1. The van der Waals surface area contributed by atoms with Gasteiger partial charge in [-0.15, -0.1) is 11.3 Å². The summed E-state index contributed by atoms with van der Waals surface area (Å²) >= 11 is 1.71. The van der Waals surface area contributed by atoms with Gasteiger partial charge >= 0.3 is 0 Å². The van der Waals surface area contributed by atoms with Gasteiger partial charge in [0.05, 0.1) is 11.3 Å². The largest absolute Gasteiger partial charge is 0.367 e. The van der Waals surface area contributed by atoms with Gasteiger partial charge in [0.25, 0.3) is 0 Å². The van der Waals surface area contributed by atoms with Gasteiger partial charge in [0.2, 0.25) is 5.88 Å². The summed E-state index contributed by atoms with van der Waals surface area (Å²) in [6.07, 6.45) is 5.45. The maximum absolute atomic E-state index is 5.97. The van der Waals surface area contributed by atoms with Crippen molar-refractivity contribution in [2.24, 2.45) is 11.8 Å². The van der Waals surface area contributed by atoms with Crippen LogP contribution in [-0.2, 0) is 0 Å². The monoisotopic (exact) mass is 260 g/mol. The second-order valence-corrected chi connectivity index (χ2v) is 6.37. The van der Waals surface area contributed by atoms with Crippen molar-refractivity contribution >= 4 is 17.2 Å². The summed E-state index contributed by atoms with van der Waals surface area (Å²) in [5.41, 5.74) is 8.14. The molecule has 2 N–H and O–H groups in total. The Morgan fingerprint density at radius 1 is 1.28 bits per heavy atom. The number of anilines is 1. The highest BCUT2D eigenvalue weighted by molar-refractivity contribution is 7.13. The van der Waals surface area contributed by atoms with Crippen LogP contribution in [0.3, 0.4) is 0 Å². The van der Waals surface area contributed by atoms with Crippen LogP contribution in [0.2, 0.25) is 0 Å². The third-order valence-corrected chi connectivity index (χ3v) is 5.37. The molecule has 2 aromatic rings. The molecule has 2 aliphatic rings. The lowest BCUT2D eigenvalue weighted by Crippen LogP contribution is -1.91. The third-order valence-electron chi connectivity index (χ3n) is 4.48. The van der Waals surface area contributed by atoms with Crippen molar-refractivity contribution in [3.05, 3.63) is 23.2 Å². The van der Waals surface area contributed by atoms with Gasteiger partial charge in [-0.2, -0.15) is 0 Å². The molecular formula is C14H16N2OS. The van der Waals surface area contributed by atoms with E-state index in [1.165, 1.54) is 30.6 Å². The van der Waals surface area contributed by atoms with E-state index in [9.17, 15) is 0 Å². The molecule has 0 spiro atoms. The van der Waals surface area contributed by atoms with Crippen molar-refractivity contribution in [1.29, 1.82) is 0 Å². The Morgan fingerprint density at radius 3 is 2.72 bits per heavy atom. The molecule has 2 aliphatic carbocycles. The molecule has 0 amide bonds. The summed E-state index contributed by atoms with van der Waals surface area (Å²) in [6, 6.07) is 4.15. The number of nitrogen functional groups attached to an aromatic ring is 1. The van der Waals surface area contributed by atoms with Crippen LogP contribution >= 0.6 is 11.3 Å². The summed E-state index contributed by atoms with van der Waals surface area (Å²) in [6.45, 7) is 0. The minimum absolute atomic E-state index is 0.482. The van der Waals surface area contributed by atoms with Crippen molar-refractivity contribution in [3.8, 4) is 10.4 Å². The number of nitrogens with two attached hydrogens (primary N) is 1. The van der Waals surface area contributed by atoms with Crippen LogP contribution in [0.5, 0.6) is 0 Å². The normalized spacial score (nSPS) is 30.1. The molecule has 3 nitrogen and oxygen atoms in total. The fourth-order valence-corrected chi connectivity index (χ4v) is 4.39. The van der Waals surface area contributed by atoms with Crippen molar-refractivity contribution in [2.45, 2.75) is 31.6 Å². The van der Waals surface area contributed by atoms with Crippen molar-refractivity contribution < 1.29 is 4.52 Å². The van der Waals surface area contributed by atoms with Crippen LogP contribution < -0.4 is 5.73 Å². The lowest BCUT2D eigenvalue weighted by molar-refractivity contribution is 0.426. The van der Waals surface area contributed by atoms with Gasteiger partial charge in [0.1, 0.15) is 0 Å². The molecule has 18 heavy (non-hydrogen) atoms. The molecule has 94 valence electrons. The fourth-order valence-electron chi connectivity index (χ4n) is 3.61. The molecule has 0 bridgehead atoms. The Morgan fingerprint density at radius 2 is 2.06 bits per heavy atom. The fraction of sp³-hybridized carbons (Fsp3) is 0.500. The van der Waals surface area contributed by atoms with E-state index < -0.39 is 0 Å². The molecule has 0 aromatic carbocycles. The Balaban J connectivity index is 1.74. The number of aromatic nitrogens is 1. The molecule has 2 heterocycles. The second-order valence-electron chi connectivity index (χ2n) is 5.42. The van der Waals surface area contributed by atoms with Crippen LogP contribution in [0.4, 0.5) is 5.88 Å². The van der Waals surface area contributed by atoms with Crippen LogP contribution in [0.25, 0.3) is 10.4 Å². The molecule has 2 aromatic heterocycles. The van der Waals surface area contributed by atoms with Crippen LogP contribution in [0.15, 0.2) is 22.0 Å². The molecule has 2 unspecified atom stereocenters. The van der Waals surface area contributed by atoms with Gasteiger partial charge in [-0.25, -0.2) is 0 Å². The zero-order valence-electron chi connectivity index (χ0n) is 10.1. The Hall–Kier alpha value is -1.29. The van der Waals surface area contributed by atoms with Gasteiger partial charge in [0, 0.05) is 10.8 Å². The third kappa shape index (κ3) is 1.45. The first-order valence-corrected chi connectivity index (χ1v) is 7.53. The summed E-state index contributed by atoms with van der Waals surface area (Å²) in [5.74, 6) is 2.76. The predicted octanol–water partition coefficient (Wildman–Crippen LogP) is 3.89. The number of hydrogen-bond acceptors (Lipinski definition) is 4. The first-order valence-electron chi connectivity index (χ1n) is 6.65. The Bertz CT molecular complexity index is 548. The van der Waals surface area contributed by atoms with E-state index in [-0.39, 0.29) is 0 Å².